The van der Waals surface area contributed by atoms with Crippen LogP contribution in [-0.4, -0.2) is 10.8 Å². The van der Waals surface area contributed by atoms with Gasteiger partial charge in [-0.05, 0) is 37.8 Å². The van der Waals surface area contributed by atoms with Gasteiger partial charge in [-0.1, -0.05) is 18.9 Å². The van der Waals surface area contributed by atoms with Gasteiger partial charge in [0.05, 0.1) is 0 Å². The monoisotopic (exact) mass is 217 g/mol. The van der Waals surface area contributed by atoms with Gasteiger partial charge in [0, 0.05) is 24.2 Å². The van der Waals surface area contributed by atoms with Crippen molar-refractivity contribution in [2.75, 3.05) is 0 Å². The Morgan fingerprint density at radius 1 is 1.25 bits per heavy atom. The lowest BCUT2D eigenvalue weighted by atomic mass is 9.93. The first-order valence-corrected chi connectivity index (χ1v) is 6.29. The maximum absolute atomic E-state index is 11.8. The minimum absolute atomic E-state index is 0.296. The van der Waals surface area contributed by atoms with Crippen molar-refractivity contribution in [3.05, 3.63) is 30.1 Å². The molecule has 0 aliphatic heterocycles. The molecule has 1 heterocycles. The summed E-state index contributed by atoms with van der Waals surface area (Å²) in [5.74, 6) is 0.776. The molecule has 0 amide bonds. The van der Waals surface area contributed by atoms with Crippen molar-refractivity contribution in [1.29, 1.82) is 0 Å². The maximum Gasteiger partial charge on any atom is 0.135 e. The van der Waals surface area contributed by atoms with Gasteiger partial charge < -0.3 is 0 Å². The van der Waals surface area contributed by atoms with Crippen LogP contribution in [0.4, 0.5) is 0 Å². The van der Waals surface area contributed by atoms with Crippen LogP contribution < -0.4 is 0 Å². The highest BCUT2D eigenvalue weighted by Gasteiger charge is 2.20. The molecule has 1 aromatic rings. The molecule has 1 saturated carbocycles. The fourth-order valence-electron chi connectivity index (χ4n) is 2.41. The third-order valence-corrected chi connectivity index (χ3v) is 3.41. The SMILES string of the molecule is O=C1CCCCCC1CCc1ccccn1. The fourth-order valence-corrected chi connectivity index (χ4v) is 2.41. The first kappa shape index (κ1) is 11.3. The summed E-state index contributed by atoms with van der Waals surface area (Å²) in [7, 11) is 0. The average Bonchev–Trinajstić information content (AvgIpc) is 2.53. The van der Waals surface area contributed by atoms with Crippen LogP contribution in [-0.2, 0) is 11.2 Å². The number of hydrogen-bond acceptors (Lipinski definition) is 2. The molecular weight excluding hydrogens is 198 g/mol. The Kier molecular flexibility index (Phi) is 4.09. The topological polar surface area (TPSA) is 30.0 Å². The summed E-state index contributed by atoms with van der Waals surface area (Å²) in [6.07, 6.45) is 9.18. The first-order valence-electron chi connectivity index (χ1n) is 6.29. The number of aryl methyl sites for hydroxylation is 1. The van der Waals surface area contributed by atoms with Crippen molar-refractivity contribution in [3.63, 3.8) is 0 Å². The van der Waals surface area contributed by atoms with Crippen molar-refractivity contribution in [2.24, 2.45) is 5.92 Å². The number of Topliss-reactive ketones (excluding diaryl/α,β-unsaturated/α-hetero) is 1. The minimum atomic E-state index is 0.296. The van der Waals surface area contributed by atoms with Crippen LogP contribution in [0, 0.1) is 5.92 Å². The van der Waals surface area contributed by atoms with Gasteiger partial charge in [-0.25, -0.2) is 0 Å². The molecule has 2 nitrogen and oxygen atoms in total. The second kappa shape index (κ2) is 5.78. The van der Waals surface area contributed by atoms with Gasteiger partial charge in [0.1, 0.15) is 5.78 Å². The zero-order valence-electron chi connectivity index (χ0n) is 9.69. The van der Waals surface area contributed by atoms with Crippen molar-refractivity contribution in [3.8, 4) is 0 Å². The molecule has 1 aliphatic carbocycles. The quantitative estimate of drug-likeness (QED) is 0.728. The van der Waals surface area contributed by atoms with E-state index < -0.39 is 0 Å². The first-order chi connectivity index (χ1) is 7.86. The van der Waals surface area contributed by atoms with Gasteiger partial charge in [-0.3, -0.25) is 9.78 Å². The molecule has 0 aromatic carbocycles. The smallest absolute Gasteiger partial charge is 0.135 e. The molecule has 0 bridgehead atoms. The molecule has 1 fully saturated rings. The van der Waals surface area contributed by atoms with Crippen molar-refractivity contribution >= 4 is 5.78 Å². The molecule has 1 atom stereocenters. The lowest BCUT2D eigenvalue weighted by Gasteiger charge is -2.11. The second-order valence-electron chi connectivity index (χ2n) is 4.62. The molecule has 16 heavy (non-hydrogen) atoms. The summed E-state index contributed by atoms with van der Waals surface area (Å²) in [5.41, 5.74) is 1.11. The van der Waals surface area contributed by atoms with Gasteiger partial charge in [0.15, 0.2) is 0 Å². The Balaban J connectivity index is 1.86. The van der Waals surface area contributed by atoms with Gasteiger partial charge in [-0.2, -0.15) is 0 Å². The van der Waals surface area contributed by atoms with Gasteiger partial charge in [0.2, 0.25) is 0 Å². The number of ketones is 1. The number of carbonyl (C=O) groups is 1. The van der Waals surface area contributed by atoms with Crippen LogP contribution in [0.5, 0.6) is 0 Å². The van der Waals surface area contributed by atoms with Crippen LogP contribution in [0.25, 0.3) is 0 Å². The summed E-state index contributed by atoms with van der Waals surface area (Å²) in [6.45, 7) is 0. The molecular formula is C14H19NO. The second-order valence-corrected chi connectivity index (χ2v) is 4.62. The summed E-state index contributed by atoms with van der Waals surface area (Å²) < 4.78 is 0. The molecule has 1 aliphatic rings. The predicted octanol–water partition coefficient (Wildman–Crippen LogP) is 3.16. The van der Waals surface area contributed by atoms with E-state index in [4.69, 9.17) is 0 Å². The Morgan fingerprint density at radius 2 is 2.19 bits per heavy atom. The van der Waals surface area contributed by atoms with E-state index in [1.54, 1.807) is 0 Å². The minimum Gasteiger partial charge on any atom is -0.299 e. The third-order valence-electron chi connectivity index (χ3n) is 3.41. The molecule has 86 valence electrons. The highest BCUT2D eigenvalue weighted by atomic mass is 16.1. The molecule has 0 radical (unpaired) electrons. The molecule has 1 unspecified atom stereocenters. The molecule has 0 N–H and O–H groups in total. The van der Waals surface area contributed by atoms with E-state index in [9.17, 15) is 4.79 Å². The Hall–Kier alpha value is -1.18. The number of hydrogen-bond donors (Lipinski definition) is 0. The fraction of sp³-hybridized carbons (Fsp3) is 0.571. The molecule has 2 rings (SSSR count). The van der Waals surface area contributed by atoms with Crippen LogP contribution in [0.1, 0.15) is 44.2 Å². The van der Waals surface area contributed by atoms with E-state index in [-0.39, 0.29) is 0 Å². The Morgan fingerprint density at radius 3 is 3.00 bits per heavy atom. The van der Waals surface area contributed by atoms with Gasteiger partial charge in [-0.15, -0.1) is 0 Å². The maximum atomic E-state index is 11.8. The molecule has 0 spiro atoms. The molecule has 1 aromatic heterocycles. The number of aromatic nitrogens is 1. The lowest BCUT2D eigenvalue weighted by molar-refractivity contribution is -0.122. The molecule has 2 heteroatoms. The van der Waals surface area contributed by atoms with Crippen molar-refractivity contribution < 1.29 is 4.79 Å². The largest absolute Gasteiger partial charge is 0.299 e. The summed E-state index contributed by atoms with van der Waals surface area (Å²) in [6, 6.07) is 5.98. The normalized spacial score (nSPS) is 21.8. The number of nitrogens with zero attached hydrogens (tertiary/aromatic N) is 1. The van der Waals surface area contributed by atoms with Crippen LogP contribution in [0.2, 0.25) is 0 Å². The van der Waals surface area contributed by atoms with Crippen LogP contribution in [0.15, 0.2) is 24.4 Å². The van der Waals surface area contributed by atoms with Crippen LogP contribution in [0.3, 0.4) is 0 Å². The van der Waals surface area contributed by atoms with E-state index >= 15 is 0 Å². The van der Waals surface area contributed by atoms with E-state index in [1.807, 2.05) is 24.4 Å². The Bertz CT molecular complexity index is 334. The summed E-state index contributed by atoms with van der Waals surface area (Å²) in [4.78, 5) is 16.1. The van der Waals surface area contributed by atoms with E-state index in [1.165, 1.54) is 12.8 Å². The lowest BCUT2D eigenvalue weighted by Crippen LogP contribution is -2.13. The molecule has 0 saturated heterocycles. The van der Waals surface area contributed by atoms with E-state index in [0.29, 0.717) is 11.7 Å². The van der Waals surface area contributed by atoms with Gasteiger partial charge >= 0.3 is 0 Å². The van der Waals surface area contributed by atoms with Crippen LogP contribution >= 0.6 is 0 Å². The average molecular weight is 217 g/mol. The number of rotatable bonds is 3. The highest BCUT2D eigenvalue weighted by molar-refractivity contribution is 5.81. The van der Waals surface area contributed by atoms with E-state index in [2.05, 4.69) is 4.98 Å². The summed E-state index contributed by atoms with van der Waals surface area (Å²) in [5, 5.41) is 0. The standard InChI is InChI=1S/C14H19NO/c16-14-8-3-1-2-6-12(14)9-10-13-7-4-5-11-15-13/h4-5,7,11-12H,1-3,6,8-10H2. The van der Waals surface area contributed by atoms with Gasteiger partial charge in [0.25, 0.3) is 0 Å². The predicted molar refractivity (Wildman–Crippen MR) is 64.1 cm³/mol. The Labute approximate surface area is 97.1 Å². The third kappa shape index (κ3) is 3.16. The van der Waals surface area contributed by atoms with Crippen molar-refractivity contribution in [1.82, 2.24) is 4.98 Å². The zero-order chi connectivity index (χ0) is 11.2. The summed E-state index contributed by atoms with van der Waals surface area (Å²) >= 11 is 0. The van der Waals surface area contributed by atoms with E-state index in [0.717, 1.165) is 37.8 Å². The van der Waals surface area contributed by atoms with Crippen molar-refractivity contribution in [2.45, 2.75) is 44.9 Å². The number of carbonyl (C=O) groups excluding carboxylic acids is 1. The number of pyridine rings is 1. The highest BCUT2D eigenvalue weighted by Crippen LogP contribution is 2.23. The zero-order valence-corrected chi connectivity index (χ0v) is 9.69.